The number of benzene rings is 2. The maximum absolute atomic E-state index is 12.7. The van der Waals surface area contributed by atoms with Gasteiger partial charge in [-0.1, -0.05) is 41.6 Å². The molecule has 0 aliphatic rings. The average Bonchev–Trinajstić information content (AvgIpc) is 3.15. The molecular formula is C21H24ClN5OS. The molecule has 0 aliphatic heterocycles. The number of nitrogens with zero attached hydrogens (tertiary/aromatic N) is 5. The standard InChI is InChI=1S/C21H24ClN5OS/c1-15(25(2)3)20-23-24-21(27(20)18-12-10-16(22)11-13-18)29-14-19(28)26(4)17-8-6-5-7-9-17/h5-13,15H,14H2,1-4H3/t15-/m1/s1. The largest absolute Gasteiger partial charge is 0.315 e. The number of thioether (sulfide) groups is 1. The maximum Gasteiger partial charge on any atom is 0.237 e. The summed E-state index contributed by atoms with van der Waals surface area (Å²) in [6.07, 6.45) is 0. The topological polar surface area (TPSA) is 54.3 Å². The van der Waals surface area contributed by atoms with Crippen LogP contribution < -0.4 is 4.90 Å². The highest BCUT2D eigenvalue weighted by Crippen LogP contribution is 2.28. The Morgan fingerprint density at radius 3 is 2.34 bits per heavy atom. The van der Waals surface area contributed by atoms with Crippen LogP contribution in [0.3, 0.4) is 0 Å². The lowest BCUT2D eigenvalue weighted by molar-refractivity contribution is -0.115. The van der Waals surface area contributed by atoms with Crippen LogP contribution in [0.5, 0.6) is 0 Å². The fourth-order valence-corrected chi connectivity index (χ4v) is 3.73. The van der Waals surface area contributed by atoms with E-state index in [1.807, 2.05) is 73.3 Å². The Balaban J connectivity index is 1.85. The van der Waals surface area contributed by atoms with Crippen molar-refractivity contribution >= 4 is 35.0 Å². The zero-order valence-corrected chi connectivity index (χ0v) is 18.5. The fourth-order valence-electron chi connectivity index (χ4n) is 2.73. The van der Waals surface area contributed by atoms with E-state index in [0.29, 0.717) is 10.2 Å². The lowest BCUT2D eigenvalue weighted by Gasteiger charge is -2.21. The molecule has 1 aromatic heterocycles. The molecule has 0 N–H and O–H groups in total. The first-order valence-corrected chi connectivity index (χ1v) is 10.6. The second kappa shape index (κ2) is 9.43. The first-order valence-electron chi connectivity index (χ1n) is 9.20. The van der Waals surface area contributed by atoms with Gasteiger partial charge in [0.1, 0.15) is 0 Å². The summed E-state index contributed by atoms with van der Waals surface area (Å²) in [5.41, 5.74) is 1.77. The lowest BCUT2D eigenvalue weighted by atomic mass is 10.2. The van der Waals surface area contributed by atoms with Crippen LogP contribution in [0, 0.1) is 0 Å². The zero-order valence-electron chi connectivity index (χ0n) is 16.9. The molecule has 0 saturated heterocycles. The minimum absolute atomic E-state index is 0.00550. The van der Waals surface area contributed by atoms with E-state index in [1.165, 1.54) is 11.8 Å². The van der Waals surface area contributed by atoms with Crippen LogP contribution in [0.15, 0.2) is 59.8 Å². The molecule has 8 heteroatoms. The van der Waals surface area contributed by atoms with E-state index in [4.69, 9.17) is 11.6 Å². The van der Waals surface area contributed by atoms with Gasteiger partial charge in [-0.2, -0.15) is 0 Å². The fraction of sp³-hybridized carbons (Fsp3) is 0.286. The van der Waals surface area contributed by atoms with Crippen LogP contribution in [-0.4, -0.2) is 52.5 Å². The quantitative estimate of drug-likeness (QED) is 0.524. The Kier molecular flexibility index (Phi) is 6.95. The third-order valence-electron chi connectivity index (χ3n) is 4.73. The molecule has 1 amide bonds. The van der Waals surface area contributed by atoms with Gasteiger partial charge >= 0.3 is 0 Å². The molecule has 0 aliphatic carbocycles. The Morgan fingerprint density at radius 1 is 1.07 bits per heavy atom. The first-order chi connectivity index (χ1) is 13.9. The molecule has 0 spiro atoms. The molecule has 6 nitrogen and oxygen atoms in total. The van der Waals surface area contributed by atoms with Crippen molar-refractivity contribution in [3.63, 3.8) is 0 Å². The summed E-state index contributed by atoms with van der Waals surface area (Å²) in [6, 6.07) is 17.2. The lowest BCUT2D eigenvalue weighted by Crippen LogP contribution is -2.28. The summed E-state index contributed by atoms with van der Waals surface area (Å²) in [7, 11) is 5.77. The Labute approximate surface area is 180 Å². The van der Waals surface area contributed by atoms with E-state index in [2.05, 4.69) is 22.0 Å². The molecule has 152 valence electrons. The molecular weight excluding hydrogens is 406 g/mol. The van der Waals surface area contributed by atoms with Crippen LogP contribution >= 0.6 is 23.4 Å². The minimum atomic E-state index is -0.00550. The van der Waals surface area contributed by atoms with Crippen LogP contribution in [-0.2, 0) is 4.79 Å². The van der Waals surface area contributed by atoms with E-state index >= 15 is 0 Å². The van der Waals surface area contributed by atoms with Gasteiger partial charge < -0.3 is 4.90 Å². The summed E-state index contributed by atoms with van der Waals surface area (Å²) in [6.45, 7) is 2.07. The van der Waals surface area contributed by atoms with Crippen molar-refractivity contribution in [1.82, 2.24) is 19.7 Å². The number of aromatic nitrogens is 3. The first kappa shape index (κ1) is 21.4. The van der Waals surface area contributed by atoms with Gasteiger partial charge in [0.2, 0.25) is 5.91 Å². The molecule has 0 radical (unpaired) electrons. The average molecular weight is 430 g/mol. The molecule has 3 aromatic rings. The smallest absolute Gasteiger partial charge is 0.237 e. The van der Waals surface area contributed by atoms with Crippen molar-refractivity contribution in [3.8, 4) is 5.69 Å². The van der Waals surface area contributed by atoms with Crippen LogP contribution in [0.2, 0.25) is 5.02 Å². The van der Waals surface area contributed by atoms with Crippen molar-refractivity contribution in [2.45, 2.75) is 18.1 Å². The molecule has 1 heterocycles. The molecule has 29 heavy (non-hydrogen) atoms. The number of halogens is 1. The van der Waals surface area contributed by atoms with Gasteiger partial charge in [0, 0.05) is 23.4 Å². The zero-order chi connectivity index (χ0) is 21.0. The third kappa shape index (κ3) is 4.98. The predicted molar refractivity (Wildman–Crippen MR) is 119 cm³/mol. The van der Waals surface area contributed by atoms with Crippen molar-refractivity contribution in [1.29, 1.82) is 0 Å². The summed E-state index contributed by atoms with van der Waals surface area (Å²) in [4.78, 5) is 16.4. The molecule has 3 rings (SSSR count). The number of para-hydroxylation sites is 1. The maximum atomic E-state index is 12.7. The molecule has 0 unspecified atom stereocenters. The van der Waals surface area contributed by atoms with Gasteiger partial charge in [-0.25, -0.2) is 0 Å². The number of amides is 1. The molecule has 0 fully saturated rings. The van der Waals surface area contributed by atoms with E-state index in [1.54, 1.807) is 11.9 Å². The monoisotopic (exact) mass is 429 g/mol. The van der Waals surface area contributed by atoms with Crippen LogP contribution in [0.1, 0.15) is 18.8 Å². The number of hydrogen-bond acceptors (Lipinski definition) is 5. The van der Waals surface area contributed by atoms with Crippen LogP contribution in [0.4, 0.5) is 5.69 Å². The van der Waals surface area contributed by atoms with Gasteiger partial charge in [-0.3, -0.25) is 14.3 Å². The van der Waals surface area contributed by atoms with Gasteiger partial charge in [0.15, 0.2) is 11.0 Å². The van der Waals surface area contributed by atoms with E-state index in [0.717, 1.165) is 17.2 Å². The molecule has 2 aromatic carbocycles. The summed E-state index contributed by atoms with van der Waals surface area (Å²) < 4.78 is 1.99. The van der Waals surface area contributed by atoms with Crippen molar-refractivity contribution in [2.75, 3.05) is 31.8 Å². The highest BCUT2D eigenvalue weighted by atomic mass is 35.5. The number of carbonyl (C=O) groups is 1. The second-order valence-corrected chi connectivity index (χ2v) is 8.25. The van der Waals surface area contributed by atoms with E-state index in [-0.39, 0.29) is 17.7 Å². The summed E-state index contributed by atoms with van der Waals surface area (Å²) >= 11 is 7.43. The summed E-state index contributed by atoms with van der Waals surface area (Å²) in [5.74, 6) is 1.06. The van der Waals surface area contributed by atoms with Crippen molar-refractivity contribution in [3.05, 3.63) is 65.4 Å². The minimum Gasteiger partial charge on any atom is -0.315 e. The number of anilines is 1. The van der Waals surface area contributed by atoms with E-state index in [9.17, 15) is 4.79 Å². The molecule has 0 bridgehead atoms. The third-order valence-corrected chi connectivity index (χ3v) is 5.90. The second-order valence-electron chi connectivity index (χ2n) is 6.87. The SMILES string of the molecule is C[C@H](c1nnc(SCC(=O)N(C)c2ccccc2)n1-c1ccc(Cl)cc1)N(C)C. The van der Waals surface area contributed by atoms with Gasteiger partial charge in [0.25, 0.3) is 0 Å². The molecule has 0 saturated carbocycles. The number of hydrogen-bond donors (Lipinski definition) is 0. The molecule has 1 atom stereocenters. The Hall–Kier alpha value is -2.35. The Morgan fingerprint density at radius 2 is 1.72 bits per heavy atom. The van der Waals surface area contributed by atoms with E-state index < -0.39 is 0 Å². The normalized spacial score (nSPS) is 12.2. The Bertz CT molecular complexity index is 959. The van der Waals surface area contributed by atoms with Gasteiger partial charge in [0.05, 0.1) is 11.8 Å². The number of rotatable bonds is 7. The van der Waals surface area contributed by atoms with Gasteiger partial charge in [-0.15, -0.1) is 10.2 Å². The van der Waals surface area contributed by atoms with Gasteiger partial charge in [-0.05, 0) is 57.4 Å². The predicted octanol–water partition coefficient (Wildman–Crippen LogP) is 4.30. The van der Waals surface area contributed by atoms with Crippen molar-refractivity contribution in [2.24, 2.45) is 0 Å². The highest BCUT2D eigenvalue weighted by molar-refractivity contribution is 7.99. The van der Waals surface area contributed by atoms with Crippen molar-refractivity contribution < 1.29 is 4.79 Å². The van der Waals surface area contributed by atoms with Crippen LogP contribution in [0.25, 0.3) is 5.69 Å². The summed E-state index contributed by atoms with van der Waals surface area (Å²) in [5, 5.41) is 10.1. The number of carbonyl (C=O) groups excluding carboxylic acids is 1. The highest BCUT2D eigenvalue weighted by Gasteiger charge is 2.22.